The zero-order valence-corrected chi connectivity index (χ0v) is 12.0. The van der Waals surface area contributed by atoms with E-state index in [4.69, 9.17) is 5.21 Å². The molecule has 1 aliphatic rings. The highest BCUT2D eigenvalue weighted by atomic mass is 32.2. The topological polar surface area (TPSA) is 32.3 Å². The van der Waals surface area contributed by atoms with E-state index in [0.717, 1.165) is 18.4 Å². The lowest BCUT2D eigenvalue weighted by Gasteiger charge is -2.08. The molecule has 20 heavy (non-hydrogen) atoms. The fraction of sp³-hybridized carbons (Fsp3) is 0.176. The Hall–Kier alpha value is -1.55. The molecule has 2 N–H and O–H groups in total. The highest BCUT2D eigenvalue weighted by Gasteiger charge is 2.03. The molecule has 2 nitrogen and oxygen atoms in total. The molecule has 2 aromatic rings. The molecule has 0 bridgehead atoms. The average Bonchev–Trinajstić information content (AvgIpc) is 2.48. The number of rotatable bonds is 4. The summed E-state index contributed by atoms with van der Waals surface area (Å²) in [4.78, 5) is 2.58. The smallest absolute Gasteiger partial charge is 0.0458 e. The summed E-state index contributed by atoms with van der Waals surface area (Å²) >= 11 is 1.81. The number of hydrogen-bond acceptors (Lipinski definition) is 3. The molecular weight excluding hydrogens is 266 g/mol. The van der Waals surface area contributed by atoms with Crippen LogP contribution in [-0.4, -0.2) is 5.21 Å². The van der Waals surface area contributed by atoms with E-state index < -0.39 is 0 Å². The Morgan fingerprint density at radius 2 is 1.95 bits per heavy atom. The molecule has 3 rings (SSSR count). The van der Waals surface area contributed by atoms with Gasteiger partial charge in [0.05, 0.1) is 0 Å². The first kappa shape index (κ1) is 13.4. The second-order valence-electron chi connectivity index (χ2n) is 4.87. The Morgan fingerprint density at radius 3 is 2.75 bits per heavy atom. The van der Waals surface area contributed by atoms with E-state index in [0.29, 0.717) is 6.54 Å². The van der Waals surface area contributed by atoms with Crippen molar-refractivity contribution < 1.29 is 5.21 Å². The van der Waals surface area contributed by atoms with Crippen LogP contribution in [0.3, 0.4) is 0 Å². The van der Waals surface area contributed by atoms with Crippen LogP contribution in [0.4, 0.5) is 0 Å². The molecule has 2 aromatic carbocycles. The van der Waals surface area contributed by atoms with Gasteiger partial charge in [-0.15, -0.1) is 0 Å². The summed E-state index contributed by atoms with van der Waals surface area (Å²) < 4.78 is 0. The van der Waals surface area contributed by atoms with Gasteiger partial charge in [-0.05, 0) is 47.4 Å². The number of allylic oxidation sites excluding steroid dienone is 3. The summed E-state index contributed by atoms with van der Waals surface area (Å²) in [6.45, 7) is 0.473. The molecule has 0 spiro atoms. The number of thioether (sulfide) groups is 1. The van der Waals surface area contributed by atoms with Crippen LogP contribution in [0.2, 0.25) is 0 Å². The van der Waals surface area contributed by atoms with Gasteiger partial charge in [-0.2, -0.15) is 0 Å². The Balaban J connectivity index is 1.88. The molecule has 0 saturated carbocycles. The number of fused-ring (bicyclic) bond motifs is 1. The minimum atomic E-state index is 0.473. The lowest BCUT2D eigenvalue weighted by molar-refractivity contribution is 0.161. The minimum absolute atomic E-state index is 0.473. The van der Waals surface area contributed by atoms with Crippen molar-refractivity contribution >= 4 is 22.5 Å². The Labute approximate surface area is 123 Å². The average molecular weight is 283 g/mol. The van der Waals surface area contributed by atoms with Crippen LogP contribution in [0.1, 0.15) is 18.4 Å². The van der Waals surface area contributed by atoms with Gasteiger partial charge in [0.1, 0.15) is 0 Å². The minimum Gasteiger partial charge on any atom is -0.316 e. The fourth-order valence-corrected chi connectivity index (χ4v) is 3.30. The van der Waals surface area contributed by atoms with E-state index in [9.17, 15) is 0 Å². The first-order chi connectivity index (χ1) is 9.85. The fourth-order valence-electron chi connectivity index (χ4n) is 2.34. The molecule has 0 unspecified atom stereocenters. The quantitative estimate of drug-likeness (QED) is 0.801. The van der Waals surface area contributed by atoms with Crippen molar-refractivity contribution in [3.05, 3.63) is 65.1 Å². The lowest BCUT2D eigenvalue weighted by atomic mass is 10.1. The molecule has 3 heteroatoms. The highest BCUT2D eigenvalue weighted by molar-refractivity contribution is 8.03. The van der Waals surface area contributed by atoms with Crippen molar-refractivity contribution in [2.24, 2.45) is 0 Å². The second kappa shape index (κ2) is 6.27. The van der Waals surface area contributed by atoms with E-state index in [1.807, 2.05) is 17.8 Å². The molecule has 0 aromatic heterocycles. The van der Waals surface area contributed by atoms with Crippen molar-refractivity contribution in [1.82, 2.24) is 5.48 Å². The largest absolute Gasteiger partial charge is 0.316 e. The molecule has 0 amide bonds. The number of nitrogens with one attached hydrogen (secondary N) is 1. The summed E-state index contributed by atoms with van der Waals surface area (Å²) in [6.07, 6.45) is 9.01. The van der Waals surface area contributed by atoms with Gasteiger partial charge in [0.15, 0.2) is 0 Å². The molecule has 0 heterocycles. The van der Waals surface area contributed by atoms with E-state index in [2.05, 4.69) is 54.0 Å². The van der Waals surface area contributed by atoms with Crippen molar-refractivity contribution in [3.8, 4) is 0 Å². The summed E-state index contributed by atoms with van der Waals surface area (Å²) in [5.41, 5.74) is 3.29. The SMILES string of the molecule is ONCc1ccc2ccc(SC3=CCCC=C3)cc2c1. The van der Waals surface area contributed by atoms with Crippen molar-refractivity contribution in [1.29, 1.82) is 0 Å². The molecule has 0 aliphatic heterocycles. The lowest BCUT2D eigenvalue weighted by Crippen LogP contribution is -2.05. The van der Waals surface area contributed by atoms with E-state index >= 15 is 0 Å². The maximum absolute atomic E-state index is 8.79. The standard InChI is InChI=1S/C17H17NOS/c19-18-12-13-6-7-14-8-9-17(11-15(14)10-13)20-16-4-2-1-3-5-16/h2,4-11,18-19H,1,3,12H2. The summed E-state index contributed by atoms with van der Waals surface area (Å²) in [7, 11) is 0. The summed E-state index contributed by atoms with van der Waals surface area (Å²) in [5.74, 6) is 0. The number of hydrogen-bond donors (Lipinski definition) is 2. The van der Waals surface area contributed by atoms with E-state index in [1.54, 1.807) is 0 Å². The Kier molecular flexibility index (Phi) is 4.21. The van der Waals surface area contributed by atoms with Crippen molar-refractivity contribution in [2.75, 3.05) is 0 Å². The molecular formula is C17H17NOS. The number of hydroxylamine groups is 1. The third-order valence-electron chi connectivity index (χ3n) is 3.36. The normalized spacial score (nSPS) is 14.6. The van der Waals surface area contributed by atoms with Gasteiger partial charge < -0.3 is 5.21 Å². The first-order valence-electron chi connectivity index (χ1n) is 6.79. The monoisotopic (exact) mass is 283 g/mol. The van der Waals surface area contributed by atoms with Crippen LogP contribution in [-0.2, 0) is 6.54 Å². The number of benzene rings is 2. The van der Waals surface area contributed by atoms with Crippen LogP contribution in [0.5, 0.6) is 0 Å². The molecule has 0 saturated heterocycles. The summed E-state index contributed by atoms with van der Waals surface area (Å²) in [5, 5.41) is 11.2. The maximum atomic E-state index is 8.79. The second-order valence-corrected chi connectivity index (χ2v) is 6.01. The molecule has 102 valence electrons. The Morgan fingerprint density at radius 1 is 1.05 bits per heavy atom. The molecule has 0 atom stereocenters. The zero-order chi connectivity index (χ0) is 13.8. The molecule has 1 aliphatic carbocycles. The van der Waals surface area contributed by atoms with Gasteiger partial charge in [0.25, 0.3) is 0 Å². The van der Waals surface area contributed by atoms with Gasteiger partial charge in [-0.1, -0.05) is 48.2 Å². The highest BCUT2D eigenvalue weighted by Crippen LogP contribution is 2.32. The predicted octanol–water partition coefficient (Wildman–Crippen LogP) is 4.64. The van der Waals surface area contributed by atoms with Crippen LogP contribution >= 0.6 is 11.8 Å². The first-order valence-corrected chi connectivity index (χ1v) is 7.61. The zero-order valence-electron chi connectivity index (χ0n) is 11.2. The predicted molar refractivity (Wildman–Crippen MR) is 84.9 cm³/mol. The van der Waals surface area contributed by atoms with Gasteiger partial charge in [0, 0.05) is 16.3 Å². The maximum Gasteiger partial charge on any atom is 0.0458 e. The van der Waals surface area contributed by atoms with Crippen LogP contribution < -0.4 is 5.48 Å². The van der Waals surface area contributed by atoms with E-state index in [-0.39, 0.29) is 0 Å². The van der Waals surface area contributed by atoms with Crippen LogP contribution in [0.15, 0.2) is 64.4 Å². The van der Waals surface area contributed by atoms with Crippen LogP contribution in [0.25, 0.3) is 10.8 Å². The molecule has 0 radical (unpaired) electrons. The molecule has 0 fully saturated rings. The third-order valence-corrected chi connectivity index (χ3v) is 4.38. The summed E-state index contributed by atoms with van der Waals surface area (Å²) in [6, 6.07) is 12.8. The van der Waals surface area contributed by atoms with Gasteiger partial charge in [-0.25, -0.2) is 5.48 Å². The Bertz CT molecular complexity index is 676. The van der Waals surface area contributed by atoms with Gasteiger partial charge in [-0.3, -0.25) is 0 Å². The van der Waals surface area contributed by atoms with Gasteiger partial charge >= 0.3 is 0 Å². The van der Waals surface area contributed by atoms with Crippen molar-refractivity contribution in [2.45, 2.75) is 24.3 Å². The third kappa shape index (κ3) is 3.12. The van der Waals surface area contributed by atoms with Gasteiger partial charge in [0.2, 0.25) is 0 Å². The van der Waals surface area contributed by atoms with Crippen molar-refractivity contribution in [3.63, 3.8) is 0 Å². The van der Waals surface area contributed by atoms with Crippen LogP contribution in [0, 0.1) is 0 Å². The van der Waals surface area contributed by atoms with E-state index in [1.165, 1.54) is 20.6 Å².